The summed E-state index contributed by atoms with van der Waals surface area (Å²) in [4.78, 5) is 14.2. The number of carbonyl (C=O) groups is 1. The van der Waals surface area contributed by atoms with Gasteiger partial charge in [-0.15, -0.1) is 0 Å². The van der Waals surface area contributed by atoms with E-state index in [9.17, 15) is 4.79 Å². The third-order valence-corrected chi connectivity index (χ3v) is 3.41. The molecular formula is C13H26N2O2. The second-order valence-corrected chi connectivity index (χ2v) is 5.08. The van der Waals surface area contributed by atoms with E-state index in [1.165, 1.54) is 6.42 Å². The molecular weight excluding hydrogens is 216 g/mol. The van der Waals surface area contributed by atoms with Crippen LogP contribution in [0.4, 0.5) is 0 Å². The third kappa shape index (κ3) is 4.64. The minimum Gasteiger partial charge on any atom is -0.384 e. The van der Waals surface area contributed by atoms with E-state index >= 15 is 0 Å². The third-order valence-electron chi connectivity index (χ3n) is 3.41. The molecule has 0 bridgehead atoms. The van der Waals surface area contributed by atoms with Crippen LogP contribution in [0.5, 0.6) is 0 Å². The van der Waals surface area contributed by atoms with E-state index in [0.717, 1.165) is 25.8 Å². The van der Waals surface area contributed by atoms with Crippen LogP contribution in [0.2, 0.25) is 0 Å². The average molecular weight is 242 g/mol. The molecule has 1 amide bonds. The van der Waals surface area contributed by atoms with Crippen molar-refractivity contribution in [3.63, 3.8) is 0 Å². The van der Waals surface area contributed by atoms with Gasteiger partial charge in [0.05, 0.1) is 0 Å². The Morgan fingerprint density at radius 3 is 2.71 bits per heavy atom. The van der Waals surface area contributed by atoms with E-state index in [4.69, 9.17) is 10.5 Å². The maximum atomic E-state index is 12.2. The summed E-state index contributed by atoms with van der Waals surface area (Å²) < 4.78 is 5.08. The molecule has 1 rings (SSSR count). The Kier molecular flexibility index (Phi) is 6.52. The van der Waals surface area contributed by atoms with Crippen molar-refractivity contribution >= 4 is 5.91 Å². The van der Waals surface area contributed by atoms with E-state index in [2.05, 4.69) is 6.92 Å². The maximum absolute atomic E-state index is 12.2. The second-order valence-electron chi connectivity index (χ2n) is 5.08. The molecule has 4 heteroatoms. The molecule has 0 aliphatic heterocycles. The zero-order valence-electron chi connectivity index (χ0n) is 11.2. The summed E-state index contributed by atoms with van der Waals surface area (Å²) in [6.07, 6.45) is 5.07. The van der Waals surface area contributed by atoms with Gasteiger partial charge >= 0.3 is 0 Å². The lowest BCUT2D eigenvalue weighted by Crippen LogP contribution is -2.45. The van der Waals surface area contributed by atoms with E-state index < -0.39 is 0 Å². The van der Waals surface area contributed by atoms with Gasteiger partial charge in [0.15, 0.2) is 0 Å². The van der Waals surface area contributed by atoms with Crippen LogP contribution < -0.4 is 5.73 Å². The van der Waals surface area contributed by atoms with Crippen molar-refractivity contribution in [1.82, 2.24) is 4.90 Å². The lowest BCUT2D eigenvalue weighted by molar-refractivity contribution is -0.136. The number of hydrogen-bond donors (Lipinski definition) is 1. The van der Waals surface area contributed by atoms with Gasteiger partial charge in [-0.1, -0.05) is 6.92 Å². The first-order chi connectivity index (χ1) is 8.19. The molecule has 17 heavy (non-hydrogen) atoms. The van der Waals surface area contributed by atoms with Crippen molar-refractivity contribution in [3.8, 4) is 0 Å². The van der Waals surface area contributed by atoms with Gasteiger partial charge < -0.3 is 15.4 Å². The fourth-order valence-electron chi connectivity index (χ4n) is 2.23. The lowest BCUT2D eigenvalue weighted by atomic mass is 9.90. The predicted molar refractivity (Wildman–Crippen MR) is 68.7 cm³/mol. The summed E-state index contributed by atoms with van der Waals surface area (Å²) in [7, 11) is 1.68. The van der Waals surface area contributed by atoms with Crippen molar-refractivity contribution in [2.75, 3.05) is 26.8 Å². The fourth-order valence-corrected chi connectivity index (χ4v) is 2.23. The van der Waals surface area contributed by atoms with Crippen LogP contribution in [0, 0.1) is 5.92 Å². The molecule has 0 radical (unpaired) electrons. The molecule has 0 saturated heterocycles. The van der Waals surface area contributed by atoms with Gasteiger partial charge in [0.2, 0.25) is 5.91 Å². The monoisotopic (exact) mass is 242 g/mol. The van der Waals surface area contributed by atoms with Gasteiger partial charge in [-0.2, -0.15) is 0 Å². The molecule has 1 fully saturated rings. The van der Waals surface area contributed by atoms with Gasteiger partial charge in [-0.3, -0.25) is 4.79 Å². The van der Waals surface area contributed by atoms with Crippen LogP contribution in [0.3, 0.4) is 0 Å². The highest BCUT2D eigenvalue weighted by atomic mass is 16.5. The standard InChI is InChI=1S/C13H26N2O2/c1-11(10-17-2)9-13(16)15(8-4-7-14)12-5-3-6-12/h11-12H,3-10,14H2,1-2H3. The fraction of sp³-hybridized carbons (Fsp3) is 0.923. The summed E-state index contributed by atoms with van der Waals surface area (Å²) in [6, 6.07) is 0.476. The number of rotatable bonds is 8. The van der Waals surface area contributed by atoms with Crippen LogP contribution >= 0.6 is 0 Å². The Bertz CT molecular complexity index is 229. The van der Waals surface area contributed by atoms with Crippen molar-refractivity contribution < 1.29 is 9.53 Å². The number of methoxy groups -OCH3 is 1. The second kappa shape index (κ2) is 7.67. The van der Waals surface area contributed by atoms with Gasteiger partial charge in [-0.05, 0) is 38.1 Å². The van der Waals surface area contributed by atoms with Gasteiger partial charge in [0, 0.05) is 32.7 Å². The predicted octanol–water partition coefficient (Wildman–Crippen LogP) is 1.39. The van der Waals surface area contributed by atoms with Crippen molar-refractivity contribution in [2.45, 2.75) is 45.1 Å². The molecule has 4 nitrogen and oxygen atoms in total. The molecule has 1 unspecified atom stereocenters. The summed E-state index contributed by atoms with van der Waals surface area (Å²) in [5.41, 5.74) is 5.53. The van der Waals surface area contributed by atoms with Crippen LogP contribution in [0.25, 0.3) is 0 Å². The highest BCUT2D eigenvalue weighted by Crippen LogP contribution is 2.26. The Balaban J connectivity index is 2.41. The van der Waals surface area contributed by atoms with Crippen molar-refractivity contribution in [3.05, 3.63) is 0 Å². The minimum absolute atomic E-state index is 0.271. The Hall–Kier alpha value is -0.610. The average Bonchev–Trinajstić information content (AvgIpc) is 2.21. The van der Waals surface area contributed by atoms with Crippen LogP contribution in [-0.4, -0.2) is 43.7 Å². The number of hydrogen-bond acceptors (Lipinski definition) is 3. The first kappa shape index (κ1) is 14.5. The molecule has 100 valence electrons. The van der Waals surface area contributed by atoms with E-state index in [0.29, 0.717) is 31.5 Å². The minimum atomic E-state index is 0.271. The number of carbonyl (C=O) groups excluding carboxylic acids is 1. The lowest BCUT2D eigenvalue weighted by Gasteiger charge is -2.38. The molecule has 0 spiro atoms. The normalized spacial score (nSPS) is 17.6. The Morgan fingerprint density at radius 2 is 2.24 bits per heavy atom. The summed E-state index contributed by atoms with van der Waals surface area (Å²) in [5.74, 6) is 0.570. The van der Waals surface area contributed by atoms with Crippen LogP contribution in [0.1, 0.15) is 39.0 Å². The topological polar surface area (TPSA) is 55.6 Å². The highest BCUT2D eigenvalue weighted by molar-refractivity contribution is 5.76. The quantitative estimate of drug-likeness (QED) is 0.700. The highest BCUT2D eigenvalue weighted by Gasteiger charge is 2.28. The van der Waals surface area contributed by atoms with Gasteiger partial charge in [0.1, 0.15) is 0 Å². The van der Waals surface area contributed by atoms with Gasteiger partial charge in [0.25, 0.3) is 0 Å². The molecule has 0 aromatic rings. The molecule has 0 heterocycles. The largest absolute Gasteiger partial charge is 0.384 e. The van der Waals surface area contributed by atoms with E-state index in [1.807, 2.05) is 4.90 Å². The van der Waals surface area contributed by atoms with E-state index in [1.54, 1.807) is 7.11 Å². The molecule has 1 aliphatic carbocycles. The van der Waals surface area contributed by atoms with Crippen molar-refractivity contribution in [2.24, 2.45) is 11.7 Å². The SMILES string of the molecule is COCC(C)CC(=O)N(CCCN)C1CCC1. The zero-order chi connectivity index (χ0) is 12.7. The van der Waals surface area contributed by atoms with Crippen LogP contribution in [-0.2, 0) is 9.53 Å². The Morgan fingerprint density at radius 1 is 1.53 bits per heavy atom. The first-order valence-electron chi connectivity index (χ1n) is 6.67. The molecule has 0 aromatic carbocycles. The Labute approximate surface area is 104 Å². The smallest absolute Gasteiger partial charge is 0.223 e. The number of nitrogens with two attached hydrogens (primary N) is 1. The molecule has 1 saturated carbocycles. The molecule has 2 N–H and O–H groups in total. The molecule has 0 aromatic heterocycles. The van der Waals surface area contributed by atoms with Gasteiger partial charge in [-0.25, -0.2) is 0 Å². The number of ether oxygens (including phenoxy) is 1. The summed E-state index contributed by atoms with van der Waals surface area (Å²) in [5, 5.41) is 0. The summed E-state index contributed by atoms with van der Waals surface area (Å²) in [6.45, 7) is 4.19. The zero-order valence-corrected chi connectivity index (χ0v) is 11.2. The van der Waals surface area contributed by atoms with E-state index in [-0.39, 0.29) is 5.91 Å². The maximum Gasteiger partial charge on any atom is 0.223 e. The first-order valence-corrected chi connectivity index (χ1v) is 6.67. The molecule has 1 atom stereocenters. The number of amides is 1. The van der Waals surface area contributed by atoms with Crippen LogP contribution in [0.15, 0.2) is 0 Å². The number of nitrogens with zero attached hydrogens (tertiary/aromatic N) is 1. The van der Waals surface area contributed by atoms with Crippen molar-refractivity contribution in [1.29, 1.82) is 0 Å². The molecule has 1 aliphatic rings. The summed E-state index contributed by atoms with van der Waals surface area (Å²) >= 11 is 0.